The van der Waals surface area contributed by atoms with Crippen molar-refractivity contribution in [1.29, 1.82) is 0 Å². The first kappa shape index (κ1) is 12.1. The summed E-state index contributed by atoms with van der Waals surface area (Å²) in [6, 6.07) is 2.01. The smallest absolute Gasteiger partial charge is 0.320 e. The molecule has 5 nitrogen and oxygen atoms in total. The summed E-state index contributed by atoms with van der Waals surface area (Å²) < 4.78 is 12.8. The van der Waals surface area contributed by atoms with Crippen LogP contribution in [0.1, 0.15) is 16.8 Å². The van der Waals surface area contributed by atoms with Crippen LogP contribution in [0.2, 0.25) is 0 Å². The summed E-state index contributed by atoms with van der Waals surface area (Å²) in [6.07, 6.45) is -0.414. The van der Waals surface area contributed by atoms with E-state index in [0.29, 0.717) is 0 Å². The Hall–Kier alpha value is -1.95. The molecule has 0 amide bonds. The highest BCUT2D eigenvalue weighted by Crippen LogP contribution is 2.15. The molecule has 0 aliphatic carbocycles. The van der Waals surface area contributed by atoms with E-state index in [4.69, 9.17) is 16.6 Å². The van der Waals surface area contributed by atoms with Crippen LogP contribution in [-0.2, 0) is 4.79 Å². The number of nitrogen functional groups attached to an aromatic ring is 1. The molecule has 0 aliphatic heterocycles. The zero-order valence-corrected chi connectivity index (χ0v) is 8.31. The average molecular weight is 226 g/mol. The number of benzene rings is 1. The Balaban J connectivity index is 2.88. The monoisotopic (exact) mass is 226 g/mol. The highest BCUT2D eigenvalue weighted by Gasteiger charge is 2.19. The maximum atomic E-state index is 12.8. The third-order valence-electron chi connectivity index (χ3n) is 2.04. The minimum atomic E-state index is -1.31. The summed E-state index contributed by atoms with van der Waals surface area (Å²) in [4.78, 5) is 22.0. The van der Waals surface area contributed by atoms with Gasteiger partial charge in [-0.25, -0.2) is 4.39 Å². The van der Waals surface area contributed by atoms with E-state index >= 15 is 0 Å². The number of aliphatic carboxylic acids is 1. The first-order valence-electron chi connectivity index (χ1n) is 4.48. The fourth-order valence-corrected chi connectivity index (χ4v) is 1.17. The predicted molar refractivity (Wildman–Crippen MR) is 55.4 cm³/mol. The average Bonchev–Trinajstić information content (AvgIpc) is 2.21. The third kappa shape index (κ3) is 2.77. The summed E-state index contributed by atoms with van der Waals surface area (Å²) in [7, 11) is 0. The maximum absolute atomic E-state index is 12.8. The van der Waals surface area contributed by atoms with E-state index in [1.165, 1.54) is 6.07 Å². The molecule has 0 saturated heterocycles. The molecule has 1 aromatic rings. The topological polar surface area (TPSA) is 106 Å². The second kappa shape index (κ2) is 4.71. The van der Waals surface area contributed by atoms with Crippen LogP contribution in [0.3, 0.4) is 0 Å². The number of halogens is 1. The van der Waals surface area contributed by atoms with Crippen LogP contribution in [0, 0.1) is 5.82 Å². The molecule has 86 valence electrons. The first-order chi connectivity index (χ1) is 7.41. The molecule has 5 N–H and O–H groups in total. The highest BCUT2D eigenvalue weighted by atomic mass is 19.1. The summed E-state index contributed by atoms with van der Waals surface area (Å²) in [5.41, 5.74) is 10.7. The van der Waals surface area contributed by atoms with E-state index in [1.54, 1.807) is 0 Å². The minimum Gasteiger partial charge on any atom is -0.480 e. The SMILES string of the molecule is Nc1ccc(F)cc1C(=O)C[C@@H](N)C(=O)O. The number of anilines is 1. The number of hydrogen-bond donors (Lipinski definition) is 3. The van der Waals surface area contributed by atoms with Gasteiger partial charge in [-0.15, -0.1) is 0 Å². The largest absolute Gasteiger partial charge is 0.480 e. The molecule has 0 heterocycles. The van der Waals surface area contributed by atoms with Gasteiger partial charge in [0.25, 0.3) is 0 Å². The molecule has 0 radical (unpaired) electrons. The fraction of sp³-hybridized carbons (Fsp3) is 0.200. The standard InChI is InChI=1S/C10H11FN2O3/c11-5-1-2-7(12)6(3-5)9(14)4-8(13)10(15)16/h1-3,8H,4,12-13H2,(H,15,16)/t8-/m1/s1. The van der Waals surface area contributed by atoms with Crippen LogP contribution in [0.25, 0.3) is 0 Å². The van der Waals surface area contributed by atoms with Gasteiger partial charge in [-0.05, 0) is 18.2 Å². The summed E-state index contributed by atoms with van der Waals surface area (Å²) >= 11 is 0. The van der Waals surface area contributed by atoms with Gasteiger partial charge >= 0.3 is 5.97 Å². The van der Waals surface area contributed by atoms with Gasteiger partial charge in [0.05, 0.1) is 0 Å². The number of Topliss-reactive ketones (excluding diaryl/α,β-unsaturated/α-hetero) is 1. The van der Waals surface area contributed by atoms with Crippen LogP contribution in [-0.4, -0.2) is 22.9 Å². The summed E-state index contributed by atoms with van der Waals surface area (Å²) in [5.74, 6) is -2.49. The van der Waals surface area contributed by atoms with Crippen molar-refractivity contribution < 1.29 is 19.1 Å². The molecular weight excluding hydrogens is 215 g/mol. The Labute approximate surface area is 90.9 Å². The summed E-state index contributed by atoms with van der Waals surface area (Å²) in [6.45, 7) is 0. The molecule has 0 aliphatic rings. The quantitative estimate of drug-likeness (QED) is 0.508. The van der Waals surface area contributed by atoms with Gasteiger partial charge in [-0.2, -0.15) is 0 Å². The summed E-state index contributed by atoms with van der Waals surface area (Å²) in [5, 5.41) is 8.52. The molecule has 1 rings (SSSR count). The lowest BCUT2D eigenvalue weighted by Gasteiger charge is -2.07. The fourth-order valence-electron chi connectivity index (χ4n) is 1.17. The van der Waals surface area contributed by atoms with E-state index in [0.717, 1.165) is 12.1 Å². The van der Waals surface area contributed by atoms with E-state index in [2.05, 4.69) is 0 Å². The van der Waals surface area contributed by atoms with Crippen LogP contribution < -0.4 is 11.5 Å². The zero-order chi connectivity index (χ0) is 12.3. The van der Waals surface area contributed by atoms with Gasteiger partial charge in [0.2, 0.25) is 0 Å². The van der Waals surface area contributed by atoms with Crippen molar-refractivity contribution >= 4 is 17.4 Å². The lowest BCUT2D eigenvalue weighted by atomic mass is 10.0. The number of ketones is 1. The van der Waals surface area contributed by atoms with Gasteiger partial charge < -0.3 is 16.6 Å². The first-order valence-corrected chi connectivity index (χ1v) is 4.48. The van der Waals surface area contributed by atoms with Crippen molar-refractivity contribution in [1.82, 2.24) is 0 Å². The van der Waals surface area contributed by atoms with Crippen LogP contribution in [0.4, 0.5) is 10.1 Å². The van der Waals surface area contributed by atoms with Crippen LogP contribution in [0.15, 0.2) is 18.2 Å². The van der Waals surface area contributed by atoms with Crippen molar-refractivity contribution in [3.8, 4) is 0 Å². The van der Waals surface area contributed by atoms with Gasteiger partial charge in [0.15, 0.2) is 5.78 Å². The number of carboxylic acids is 1. The number of carbonyl (C=O) groups excluding carboxylic acids is 1. The molecular formula is C10H11FN2O3. The van der Waals surface area contributed by atoms with E-state index in [-0.39, 0.29) is 11.3 Å². The van der Waals surface area contributed by atoms with Crippen molar-refractivity contribution in [3.05, 3.63) is 29.6 Å². The highest BCUT2D eigenvalue weighted by molar-refractivity contribution is 6.02. The van der Waals surface area contributed by atoms with Crippen molar-refractivity contribution in [2.45, 2.75) is 12.5 Å². The lowest BCUT2D eigenvalue weighted by Crippen LogP contribution is -2.32. The van der Waals surface area contributed by atoms with Gasteiger partial charge in [-0.3, -0.25) is 9.59 Å². The molecule has 16 heavy (non-hydrogen) atoms. The van der Waals surface area contributed by atoms with Gasteiger partial charge in [0, 0.05) is 17.7 Å². The van der Waals surface area contributed by atoms with E-state index in [1.807, 2.05) is 0 Å². The Kier molecular flexibility index (Phi) is 3.57. The molecule has 0 unspecified atom stereocenters. The number of rotatable bonds is 4. The lowest BCUT2D eigenvalue weighted by molar-refractivity contribution is -0.138. The maximum Gasteiger partial charge on any atom is 0.320 e. The van der Waals surface area contributed by atoms with Crippen LogP contribution >= 0.6 is 0 Å². The van der Waals surface area contributed by atoms with Gasteiger partial charge in [0.1, 0.15) is 11.9 Å². The van der Waals surface area contributed by atoms with Crippen molar-refractivity contribution in [2.24, 2.45) is 5.73 Å². The molecule has 1 aromatic carbocycles. The Morgan fingerprint density at radius 3 is 2.62 bits per heavy atom. The molecule has 1 atom stereocenters. The number of carboxylic acid groups (broad SMARTS) is 1. The number of nitrogens with two attached hydrogens (primary N) is 2. The third-order valence-corrected chi connectivity index (χ3v) is 2.04. The number of carbonyl (C=O) groups is 2. The van der Waals surface area contributed by atoms with Crippen molar-refractivity contribution in [2.75, 3.05) is 5.73 Å². The minimum absolute atomic E-state index is 0.0447. The second-order valence-corrected chi connectivity index (χ2v) is 3.30. The normalized spacial score (nSPS) is 12.1. The molecule has 0 bridgehead atoms. The molecule has 0 aromatic heterocycles. The zero-order valence-electron chi connectivity index (χ0n) is 8.31. The Bertz CT molecular complexity index is 434. The predicted octanol–water partition coefficient (Wildman–Crippen LogP) is 0.393. The number of hydrogen-bond acceptors (Lipinski definition) is 4. The Morgan fingerprint density at radius 1 is 1.44 bits per heavy atom. The molecule has 6 heteroatoms. The molecule has 0 fully saturated rings. The van der Waals surface area contributed by atoms with Crippen molar-refractivity contribution in [3.63, 3.8) is 0 Å². The van der Waals surface area contributed by atoms with Gasteiger partial charge in [-0.1, -0.05) is 0 Å². The second-order valence-electron chi connectivity index (χ2n) is 3.30. The van der Waals surface area contributed by atoms with Crippen LogP contribution in [0.5, 0.6) is 0 Å². The molecule has 0 saturated carbocycles. The Morgan fingerprint density at radius 2 is 2.06 bits per heavy atom. The molecule has 0 spiro atoms. The van der Waals surface area contributed by atoms with E-state index < -0.39 is 30.0 Å². The van der Waals surface area contributed by atoms with E-state index in [9.17, 15) is 14.0 Å².